The highest BCUT2D eigenvalue weighted by Gasteiger charge is 2.31. The molecule has 2 aromatic rings. The van der Waals surface area contributed by atoms with Gasteiger partial charge in [0.1, 0.15) is 11.6 Å². The summed E-state index contributed by atoms with van der Waals surface area (Å²) in [6, 6.07) is 7.01. The maximum atomic E-state index is 13.2. The van der Waals surface area contributed by atoms with Gasteiger partial charge in [0.05, 0.1) is 17.4 Å². The molecule has 4 rings (SSSR count). The SMILES string of the molecule is CCN1CCCCC1c1nn(-c2ccc(F)cc2)c2c1CCN2. The summed E-state index contributed by atoms with van der Waals surface area (Å²) in [4.78, 5) is 2.54. The molecule has 1 fully saturated rings. The van der Waals surface area contributed by atoms with E-state index >= 15 is 0 Å². The summed E-state index contributed by atoms with van der Waals surface area (Å²) in [5, 5.41) is 8.41. The summed E-state index contributed by atoms with van der Waals surface area (Å²) in [6.07, 6.45) is 4.76. The second-order valence-electron chi connectivity index (χ2n) is 6.42. The number of nitrogens with zero attached hydrogens (tertiary/aromatic N) is 3. The Morgan fingerprint density at radius 3 is 2.87 bits per heavy atom. The van der Waals surface area contributed by atoms with Gasteiger partial charge in [0.15, 0.2) is 0 Å². The smallest absolute Gasteiger partial charge is 0.133 e. The summed E-state index contributed by atoms with van der Waals surface area (Å²) >= 11 is 0. The van der Waals surface area contributed by atoms with Crippen molar-refractivity contribution in [1.29, 1.82) is 0 Å². The average molecular weight is 314 g/mol. The molecule has 0 amide bonds. The van der Waals surface area contributed by atoms with Gasteiger partial charge in [-0.1, -0.05) is 13.3 Å². The monoisotopic (exact) mass is 314 g/mol. The molecule has 1 atom stereocenters. The first-order valence-electron chi connectivity index (χ1n) is 8.63. The Kier molecular flexibility index (Phi) is 3.81. The second-order valence-corrected chi connectivity index (χ2v) is 6.42. The van der Waals surface area contributed by atoms with Crippen LogP contribution in [0, 0.1) is 5.82 Å². The summed E-state index contributed by atoms with van der Waals surface area (Å²) in [7, 11) is 0. The lowest BCUT2D eigenvalue weighted by Gasteiger charge is -2.34. The molecule has 2 aliphatic rings. The van der Waals surface area contributed by atoms with E-state index in [-0.39, 0.29) is 5.82 Å². The number of hydrogen-bond donors (Lipinski definition) is 1. The van der Waals surface area contributed by atoms with Crippen molar-refractivity contribution in [3.8, 4) is 5.69 Å². The van der Waals surface area contributed by atoms with E-state index in [9.17, 15) is 4.39 Å². The fourth-order valence-corrected chi connectivity index (χ4v) is 3.92. The first-order chi connectivity index (χ1) is 11.3. The van der Waals surface area contributed by atoms with Crippen molar-refractivity contribution in [3.05, 3.63) is 41.3 Å². The highest BCUT2D eigenvalue weighted by atomic mass is 19.1. The van der Waals surface area contributed by atoms with Gasteiger partial charge in [-0.2, -0.15) is 5.10 Å². The third-order valence-corrected chi connectivity index (χ3v) is 5.09. The predicted molar refractivity (Wildman–Crippen MR) is 89.6 cm³/mol. The van der Waals surface area contributed by atoms with E-state index < -0.39 is 0 Å². The Bertz CT molecular complexity index is 692. The van der Waals surface area contributed by atoms with E-state index in [0.717, 1.165) is 37.6 Å². The molecule has 0 aliphatic carbocycles. The molecule has 2 aliphatic heterocycles. The zero-order valence-electron chi connectivity index (χ0n) is 13.6. The van der Waals surface area contributed by atoms with E-state index in [0.29, 0.717) is 6.04 Å². The Labute approximate surface area is 136 Å². The molecule has 1 aromatic carbocycles. The molecule has 0 radical (unpaired) electrons. The molecule has 0 saturated carbocycles. The van der Waals surface area contributed by atoms with Crippen LogP contribution in [0.1, 0.15) is 43.5 Å². The van der Waals surface area contributed by atoms with Gasteiger partial charge in [0.25, 0.3) is 0 Å². The van der Waals surface area contributed by atoms with Gasteiger partial charge in [-0.15, -0.1) is 0 Å². The Morgan fingerprint density at radius 2 is 2.09 bits per heavy atom. The molecule has 1 aromatic heterocycles. The number of likely N-dealkylation sites (tertiary alicyclic amines) is 1. The first-order valence-corrected chi connectivity index (χ1v) is 8.63. The highest BCUT2D eigenvalue weighted by molar-refractivity contribution is 5.57. The minimum atomic E-state index is -0.213. The molecular weight excluding hydrogens is 291 g/mol. The highest BCUT2D eigenvalue weighted by Crippen LogP contribution is 2.37. The van der Waals surface area contributed by atoms with Crippen LogP contribution in [-0.4, -0.2) is 34.3 Å². The van der Waals surface area contributed by atoms with Crippen molar-refractivity contribution in [2.24, 2.45) is 0 Å². The van der Waals surface area contributed by atoms with Crippen molar-refractivity contribution in [2.45, 2.75) is 38.6 Å². The molecule has 0 spiro atoms. The van der Waals surface area contributed by atoms with Gasteiger partial charge >= 0.3 is 0 Å². The lowest BCUT2D eigenvalue weighted by Crippen LogP contribution is -2.33. The minimum Gasteiger partial charge on any atom is -0.369 e. The molecule has 1 unspecified atom stereocenters. The summed E-state index contributed by atoms with van der Waals surface area (Å²) in [5.41, 5.74) is 3.48. The summed E-state index contributed by atoms with van der Waals surface area (Å²) in [6.45, 7) is 5.41. The molecule has 1 N–H and O–H groups in total. The molecule has 23 heavy (non-hydrogen) atoms. The number of piperidine rings is 1. The largest absolute Gasteiger partial charge is 0.369 e. The molecule has 3 heterocycles. The molecule has 122 valence electrons. The van der Waals surface area contributed by atoms with Crippen molar-refractivity contribution >= 4 is 5.82 Å². The number of anilines is 1. The van der Waals surface area contributed by atoms with Gasteiger partial charge in [-0.05, 0) is 56.6 Å². The number of halogens is 1. The lowest BCUT2D eigenvalue weighted by molar-refractivity contribution is 0.153. The van der Waals surface area contributed by atoms with Crippen LogP contribution in [0.15, 0.2) is 24.3 Å². The Hall–Kier alpha value is -1.88. The van der Waals surface area contributed by atoms with Crippen molar-refractivity contribution in [1.82, 2.24) is 14.7 Å². The van der Waals surface area contributed by atoms with Crippen LogP contribution in [-0.2, 0) is 6.42 Å². The normalized spacial score (nSPS) is 21.2. The molecular formula is C18H23FN4. The van der Waals surface area contributed by atoms with E-state index in [1.54, 1.807) is 12.1 Å². The van der Waals surface area contributed by atoms with E-state index in [1.165, 1.54) is 42.7 Å². The Morgan fingerprint density at radius 1 is 1.26 bits per heavy atom. The van der Waals surface area contributed by atoms with Crippen LogP contribution < -0.4 is 5.32 Å². The van der Waals surface area contributed by atoms with Crippen LogP contribution in [0.5, 0.6) is 0 Å². The van der Waals surface area contributed by atoms with E-state index in [4.69, 9.17) is 5.10 Å². The molecule has 5 heteroatoms. The number of nitrogens with one attached hydrogen (secondary N) is 1. The predicted octanol–water partition coefficient (Wildman–Crippen LogP) is 3.53. The number of hydrogen-bond acceptors (Lipinski definition) is 3. The van der Waals surface area contributed by atoms with Crippen LogP contribution in [0.25, 0.3) is 5.69 Å². The summed E-state index contributed by atoms with van der Waals surface area (Å²) < 4.78 is 15.2. The van der Waals surface area contributed by atoms with Crippen molar-refractivity contribution in [3.63, 3.8) is 0 Å². The molecule has 1 saturated heterocycles. The van der Waals surface area contributed by atoms with Gasteiger partial charge in [-0.3, -0.25) is 4.90 Å². The topological polar surface area (TPSA) is 33.1 Å². The van der Waals surface area contributed by atoms with Gasteiger partial charge < -0.3 is 5.32 Å². The van der Waals surface area contributed by atoms with Crippen LogP contribution in [0.2, 0.25) is 0 Å². The van der Waals surface area contributed by atoms with E-state index in [2.05, 4.69) is 17.1 Å². The van der Waals surface area contributed by atoms with Crippen LogP contribution >= 0.6 is 0 Å². The zero-order chi connectivity index (χ0) is 15.8. The van der Waals surface area contributed by atoms with Crippen LogP contribution in [0.4, 0.5) is 10.2 Å². The number of rotatable bonds is 3. The quantitative estimate of drug-likeness (QED) is 0.941. The van der Waals surface area contributed by atoms with Gasteiger partial charge in [0.2, 0.25) is 0 Å². The zero-order valence-corrected chi connectivity index (χ0v) is 13.6. The fourth-order valence-electron chi connectivity index (χ4n) is 3.92. The van der Waals surface area contributed by atoms with Crippen molar-refractivity contribution < 1.29 is 4.39 Å². The van der Waals surface area contributed by atoms with Crippen molar-refractivity contribution in [2.75, 3.05) is 25.0 Å². The number of aromatic nitrogens is 2. The third kappa shape index (κ3) is 2.53. The van der Waals surface area contributed by atoms with E-state index in [1.807, 2.05) is 4.68 Å². The number of benzene rings is 1. The van der Waals surface area contributed by atoms with Crippen LogP contribution in [0.3, 0.4) is 0 Å². The standard InChI is InChI=1S/C18H23FN4/c1-2-22-12-4-3-5-16(22)17-15-10-11-20-18(15)23(21-17)14-8-6-13(19)7-9-14/h6-9,16,20H,2-5,10-12H2,1H3. The van der Waals surface area contributed by atoms with Gasteiger partial charge in [0, 0.05) is 12.1 Å². The molecule has 0 bridgehead atoms. The first kappa shape index (κ1) is 14.7. The minimum absolute atomic E-state index is 0.213. The lowest BCUT2D eigenvalue weighted by atomic mass is 9.96. The Balaban J connectivity index is 1.77. The maximum Gasteiger partial charge on any atom is 0.133 e. The fraction of sp³-hybridized carbons (Fsp3) is 0.500. The number of fused-ring (bicyclic) bond motifs is 1. The third-order valence-electron chi connectivity index (χ3n) is 5.09. The summed E-state index contributed by atoms with van der Waals surface area (Å²) in [5.74, 6) is 0.878. The second kappa shape index (κ2) is 5.96. The maximum absolute atomic E-state index is 13.2. The van der Waals surface area contributed by atoms with Gasteiger partial charge in [-0.25, -0.2) is 9.07 Å². The average Bonchev–Trinajstić information content (AvgIpc) is 3.18. The molecule has 4 nitrogen and oxygen atoms in total.